The van der Waals surface area contributed by atoms with Crippen molar-refractivity contribution in [3.63, 3.8) is 0 Å². The monoisotopic (exact) mass is 866 g/mol. The molecule has 0 unspecified atom stereocenters. The molecule has 0 fully saturated rings. The third-order valence-corrected chi connectivity index (χ3v) is 13.0. The highest BCUT2D eigenvalue weighted by atomic mass is 19.1. The molecule has 2 heterocycles. The third-order valence-electron chi connectivity index (χ3n) is 13.0. The van der Waals surface area contributed by atoms with Crippen LogP contribution in [-0.4, -0.2) is 0 Å². The van der Waals surface area contributed by atoms with Crippen LogP contribution in [0.15, 0.2) is 173 Å². The van der Waals surface area contributed by atoms with Crippen LogP contribution in [0.25, 0.3) is 77.5 Å². The van der Waals surface area contributed by atoms with E-state index < -0.39 is 0 Å². The number of furan rings is 2. The Morgan fingerprint density at radius 3 is 1.56 bits per heavy atom. The van der Waals surface area contributed by atoms with E-state index in [-0.39, 0.29) is 22.5 Å². The fourth-order valence-electron chi connectivity index (χ4n) is 9.88. The molecule has 0 aliphatic rings. The SMILES string of the molecule is C=C/C=c1\c(=C\N(c2ccc(F)cc2)c2ccc3ccc4c(N(c5ccc(F)cc5)c5cccc6c5oc5c(C(C)(C)C)cccc56)ccc5ccc2c3c54)oc2c(C(C)(C)C)cccc12. The molecule has 9 aromatic carbocycles. The predicted molar refractivity (Wildman–Crippen MR) is 273 cm³/mol. The van der Waals surface area contributed by atoms with Crippen molar-refractivity contribution in [2.24, 2.45) is 0 Å². The molecule has 0 N–H and O–H groups in total. The van der Waals surface area contributed by atoms with Crippen molar-refractivity contribution in [3.8, 4) is 0 Å². The minimum Gasteiger partial charge on any atom is -0.454 e. The number of anilines is 5. The summed E-state index contributed by atoms with van der Waals surface area (Å²) in [6, 6.07) is 49.5. The first-order valence-corrected chi connectivity index (χ1v) is 22.4. The second-order valence-corrected chi connectivity index (χ2v) is 19.3. The molecule has 0 atom stereocenters. The molecular weight excluding hydrogens is 819 g/mol. The summed E-state index contributed by atoms with van der Waals surface area (Å²) in [5, 5.41) is 10.3. The Morgan fingerprint density at radius 2 is 0.970 bits per heavy atom. The lowest BCUT2D eigenvalue weighted by molar-refractivity contribution is 0.539. The van der Waals surface area contributed by atoms with Gasteiger partial charge >= 0.3 is 0 Å². The third kappa shape index (κ3) is 6.62. The van der Waals surface area contributed by atoms with Crippen LogP contribution in [-0.2, 0) is 10.8 Å². The van der Waals surface area contributed by atoms with Crippen LogP contribution in [0.1, 0.15) is 52.7 Å². The number of para-hydroxylation sites is 3. The van der Waals surface area contributed by atoms with E-state index in [4.69, 9.17) is 8.83 Å². The van der Waals surface area contributed by atoms with Gasteiger partial charge in [-0.15, -0.1) is 0 Å². The molecule has 0 aliphatic carbocycles. The lowest BCUT2D eigenvalue weighted by atomic mass is 9.86. The van der Waals surface area contributed by atoms with Crippen molar-refractivity contribution in [2.75, 3.05) is 9.80 Å². The molecule has 0 radical (unpaired) electrons. The van der Waals surface area contributed by atoms with Crippen molar-refractivity contribution in [3.05, 3.63) is 198 Å². The van der Waals surface area contributed by atoms with Crippen LogP contribution < -0.4 is 20.4 Å². The average Bonchev–Trinajstić information content (AvgIpc) is 3.86. The van der Waals surface area contributed by atoms with E-state index in [0.29, 0.717) is 5.42 Å². The molecular formula is C60H48F2N2O2. The van der Waals surface area contributed by atoms with Crippen molar-refractivity contribution in [1.82, 2.24) is 0 Å². The van der Waals surface area contributed by atoms with Crippen LogP contribution in [0.5, 0.6) is 0 Å². The Morgan fingerprint density at radius 1 is 0.470 bits per heavy atom. The predicted octanol–water partition coefficient (Wildman–Crippen LogP) is 16.1. The van der Waals surface area contributed by atoms with E-state index in [1.807, 2.05) is 24.4 Å². The second-order valence-electron chi connectivity index (χ2n) is 19.3. The van der Waals surface area contributed by atoms with Gasteiger partial charge in [0.1, 0.15) is 22.8 Å². The lowest BCUT2D eigenvalue weighted by Gasteiger charge is -2.28. The molecule has 0 saturated heterocycles. The molecule has 0 saturated carbocycles. The van der Waals surface area contributed by atoms with E-state index in [9.17, 15) is 8.78 Å². The summed E-state index contributed by atoms with van der Waals surface area (Å²) in [5.41, 5.74) is 9.23. The smallest absolute Gasteiger partial charge is 0.159 e. The van der Waals surface area contributed by atoms with Gasteiger partial charge in [0.15, 0.2) is 11.0 Å². The molecule has 6 heteroatoms. The zero-order valence-electron chi connectivity index (χ0n) is 37.8. The summed E-state index contributed by atoms with van der Waals surface area (Å²) in [5.74, 6) is -0.632. The van der Waals surface area contributed by atoms with Crippen LogP contribution in [0.3, 0.4) is 0 Å². The fourth-order valence-corrected chi connectivity index (χ4v) is 9.88. The topological polar surface area (TPSA) is 32.8 Å². The molecule has 2 aromatic heterocycles. The molecule has 4 nitrogen and oxygen atoms in total. The first-order valence-electron chi connectivity index (χ1n) is 22.4. The van der Waals surface area contributed by atoms with E-state index in [1.165, 1.54) is 24.3 Å². The van der Waals surface area contributed by atoms with Gasteiger partial charge in [0, 0.05) is 54.7 Å². The summed E-state index contributed by atoms with van der Waals surface area (Å²) in [7, 11) is 0. The number of benzene rings is 9. The Labute approximate surface area is 381 Å². The largest absolute Gasteiger partial charge is 0.454 e. The highest BCUT2D eigenvalue weighted by molar-refractivity contribution is 6.28. The van der Waals surface area contributed by atoms with Crippen LogP contribution in [0.4, 0.5) is 37.2 Å². The summed E-state index contributed by atoms with van der Waals surface area (Å²) in [6.07, 6.45) is 5.79. The molecule has 324 valence electrons. The zero-order chi connectivity index (χ0) is 45.6. The van der Waals surface area contributed by atoms with E-state index >= 15 is 0 Å². The second kappa shape index (κ2) is 15.2. The maximum absolute atomic E-state index is 14.7. The molecule has 11 aromatic rings. The van der Waals surface area contributed by atoms with E-state index in [1.54, 1.807) is 18.2 Å². The first-order chi connectivity index (χ1) is 31.8. The average molecular weight is 867 g/mol. The van der Waals surface area contributed by atoms with Crippen LogP contribution in [0.2, 0.25) is 0 Å². The number of nitrogens with zero attached hydrogens (tertiary/aromatic N) is 2. The highest BCUT2D eigenvalue weighted by Crippen LogP contribution is 2.49. The number of fused-ring (bicyclic) bond motifs is 4. The maximum Gasteiger partial charge on any atom is 0.159 e. The zero-order valence-corrected chi connectivity index (χ0v) is 37.8. The van der Waals surface area contributed by atoms with Gasteiger partial charge in [-0.05, 0) is 99.1 Å². The van der Waals surface area contributed by atoms with Crippen LogP contribution in [0, 0.1) is 11.6 Å². The van der Waals surface area contributed by atoms with Gasteiger partial charge in [-0.1, -0.05) is 145 Å². The van der Waals surface area contributed by atoms with Crippen molar-refractivity contribution in [2.45, 2.75) is 52.4 Å². The van der Waals surface area contributed by atoms with Gasteiger partial charge in [-0.3, -0.25) is 0 Å². The number of rotatable bonds is 7. The molecule has 11 rings (SSSR count). The highest BCUT2D eigenvalue weighted by Gasteiger charge is 2.26. The quantitative estimate of drug-likeness (QED) is 0.149. The number of hydrogen-bond donors (Lipinski definition) is 0. The van der Waals surface area contributed by atoms with Crippen LogP contribution >= 0.6 is 0 Å². The summed E-state index contributed by atoms with van der Waals surface area (Å²) in [4.78, 5) is 4.29. The van der Waals surface area contributed by atoms with Crippen molar-refractivity contribution < 1.29 is 17.6 Å². The van der Waals surface area contributed by atoms with Gasteiger partial charge in [0.2, 0.25) is 0 Å². The Kier molecular flexibility index (Phi) is 9.45. The van der Waals surface area contributed by atoms with Crippen molar-refractivity contribution >= 4 is 106 Å². The first kappa shape index (κ1) is 41.0. The Balaban J connectivity index is 1.18. The summed E-state index contributed by atoms with van der Waals surface area (Å²) < 4.78 is 43.2. The number of allylic oxidation sites excluding steroid dienone is 1. The molecule has 0 bridgehead atoms. The van der Waals surface area contributed by atoms with Gasteiger partial charge in [0.05, 0.1) is 23.3 Å². The lowest BCUT2D eigenvalue weighted by Crippen LogP contribution is -2.24. The van der Waals surface area contributed by atoms with Gasteiger partial charge in [-0.25, -0.2) is 8.78 Å². The molecule has 0 aliphatic heterocycles. The normalized spacial score (nSPS) is 13.1. The summed E-state index contributed by atoms with van der Waals surface area (Å²) >= 11 is 0. The minimum absolute atomic E-state index is 0.145. The van der Waals surface area contributed by atoms with Gasteiger partial charge in [0.25, 0.3) is 0 Å². The van der Waals surface area contributed by atoms with Gasteiger partial charge in [-0.2, -0.15) is 0 Å². The van der Waals surface area contributed by atoms with Crippen molar-refractivity contribution in [1.29, 1.82) is 0 Å². The van der Waals surface area contributed by atoms with Gasteiger partial charge < -0.3 is 18.6 Å². The number of halogens is 2. The Bertz CT molecular complexity index is 3830. The van der Waals surface area contributed by atoms with E-state index in [2.05, 4.69) is 161 Å². The number of hydrogen-bond acceptors (Lipinski definition) is 4. The molecule has 66 heavy (non-hydrogen) atoms. The van der Waals surface area contributed by atoms with E-state index in [0.717, 1.165) is 110 Å². The molecule has 0 spiro atoms. The maximum atomic E-state index is 14.7. The standard InChI is InChI=1S/C60H48F2N2O2/c1-8-12-42-43-13-9-16-48(59(2,3)4)56(43)65-53(42)35-63(40-27-23-38(61)24-28-40)50-33-21-36-20-32-47-51(34-22-37-19-31-46(50)54(36)55(37)47)64(41-29-25-39(62)26-30-41)52-18-11-15-45-44-14-10-17-49(60(5,6)7)57(44)66-58(45)52/h8-35H,1H2,2-7H3/b42-12-,53-35-. The summed E-state index contributed by atoms with van der Waals surface area (Å²) in [6.45, 7) is 17.2. The minimum atomic E-state index is -0.320. The fraction of sp³-hybridized carbons (Fsp3) is 0.133. The Hall–Kier alpha value is -7.70. The molecule has 0 amide bonds.